The number of hydrogen-bond acceptors (Lipinski definition) is 3. The summed E-state index contributed by atoms with van der Waals surface area (Å²) in [6, 6.07) is 13.8. The van der Waals surface area contributed by atoms with Crippen LogP contribution in [0.25, 0.3) is 0 Å². The van der Waals surface area contributed by atoms with Crippen LogP contribution in [0, 0.1) is 6.92 Å². The first-order chi connectivity index (χ1) is 11.4. The summed E-state index contributed by atoms with van der Waals surface area (Å²) in [4.78, 5) is 4.21. The van der Waals surface area contributed by atoms with E-state index in [4.69, 9.17) is 17.3 Å². The molecule has 0 amide bonds. The molecule has 9 heteroatoms. The lowest BCUT2D eigenvalue weighted by molar-refractivity contribution is 0.582. The van der Waals surface area contributed by atoms with Crippen LogP contribution in [0.2, 0.25) is 5.02 Å². The van der Waals surface area contributed by atoms with Gasteiger partial charge >= 0.3 is 0 Å². The molecule has 0 aromatic heterocycles. The van der Waals surface area contributed by atoms with Crippen LogP contribution in [0.5, 0.6) is 0 Å². The molecule has 4 N–H and O–H groups in total. The lowest BCUT2D eigenvalue weighted by atomic mass is 10.2. The first-order valence-electron chi connectivity index (χ1n) is 7.26. The van der Waals surface area contributed by atoms with Gasteiger partial charge in [0.1, 0.15) is 0 Å². The van der Waals surface area contributed by atoms with Gasteiger partial charge in [-0.25, -0.2) is 13.1 Å². The van der Waals surface area contributed by atoms with Gasteiger partial charge in [-0.1, -0.05) is 29.8 Å². The van der Waals surface area contributed by atoms with Crippen LogP contribution in [0.3, 0.4) is 0 Å². The summed E-state index contributed by atoms with van der Waals surface area (Å²) in [6.45, 7) is 2.32. The van der Waals surface area contributed by atoms with Crippen molar-refractivity contribution < 1.29 is 8.42 Å². The van der Waals surface area contributed by atoms with Gasteiger partial charge in [0, 0.05) is 17.3 Å². The van der Waals surface area contributed by atoms with Crippen LogP contribution in [0.15, 0.2) is 58.4 Å². The van der Waals surface area contributed by atoms with Crippen molar-refractivity contribution in [1.82, 2.24) is 4.72 Å². The smallest absolute Gasteiger partial charge is 0.240 e. The van der Waals surface area contributed by atoms with E-state index in [1.165, 1.54) is 12.1 Å². The van der Waals surface area contributed by atoms with E-state index in [0.29, 0.717) is 5.02 Å². The molecule has 0 saturated carbocycles. The molecular weight excluding hydrogens is 475 g/mol. The van der Waals surface area contributed by atoms with Crippen LogP contribution in [-0.2, 0) is 10.0 Å². The van der Waals surface area contributed by atoms with E-state index < -0.39 is 10.0 Å². The van der Waals surface area contributed by atoms with Gasteiger partial charge in [0.2, 0.25) is 10.0 Å². The maximum Gasteiger partial charge on any atom is 0.240 e. The molecule has 0 saturated heterocycles. The molecule has 0 atom stereocenters. The third kappa shape index (κ3) is 7.18. The molecule has 2 rings (SSSR count). The normalized spacial score (nSPS) is 11.7. The summed E-state index contributed by atoms with van der Waals surface area (Å²) < 4.78 is 26.6. The van der Waals surface area contributed by atoms with Gasteiger partial charge in [0.25, 0.3) is 0 Å². The SMILES string of the molecule is Cc1cccc(NC(N)=NCCNS(=O)(=O)c2cccc(Cl)c2)c1.I. The lowest BCUT2D eigenvalue weighted by Gasteiger charge is -2.08. The molecule has 136 valence electrons. The van der Waals surface area contributed by atoms with Crippen LogP contribution in [0.1, 0.15) is 5.56 Å². The quantitative estimate of drug-likeness (QED) is 0.249. The Morgan fingerprint density at radius 2 is 1.92 bits per heavy atom. The Bertz CT molecular complexity index is 844. The Morgan fingerprint density at radius 3 is 2.60 bits per heavy atom. The standard InChI is InChI=1S/C16H19ClN4O2S.HI/c1-12-4-2-6-14(10-12)21-16(18)19-8-9-20-24(22,23)15-7-3-5-13(17)11-15;/h2-7,10-11,20H,8-9H2,1H3,(H3,18,19,21);1H. The van der Waals surface area contributed by atoms with E-state index in [0.717, 1.165) is 11.3 Å². The molecule has 0 heterocycles. The molecule has 0 aliphatic carbocycles. The summed E-state index contributed by atoms with van der Waals surface area (Å²) in [5.74, 6) is 0.225. The van der Waals surface area contributed by atoms with Crippen molar-refractivity contribution in [1.29, 1.82) is 0 Å². The Hall–Kier alpha value is -1.36. The summed E-state index contributed by atoms with van der Waals surface area (Å²) >= 11 is 5.80. The molecule has 0 bridgehead atoms. The number of nitrogens with two attached hydrogens (primary N) is 1. The molecule has 0 spiro atoms. The van der Waals surface area contributed by atoms with E-state index in [1.807, 2.05) is 31.2 Å². The van der Waals surface area contributed by atoms with Gasteiger partial charge in [-0.2, -0.15) is 0 Å². The van der Waals surface area contributed by atoms with Crippen molar-refractivity contribution in [3.8, 4) is 0 Å². The van der Waals surface area contributed by atoms with E-state index >= 15 is 0 Å². The highest BCUT2D eigenvalue weighted by molar-refractivity contribution is 14.0. The topological polar surface area (TPSA) is 96.6 Å². The highest BCUT2D eigenvalue weighted by Gasteiger charge is 2.13. The van der Waals surface area contributed by atoms with Crippen LogP contribution in [-0.4, -0.2) is 27.5 Å². The average molecular weight is 495 g/mol. The first kappa shape index (κ1) is 21.7. The number of hydrogen-bond donors (Lipinski definition) is 3. The Morgan fingerprint density at radius 1 is 1.20 bits per heavy atom. The fraction of sp³-hybridized carbons (Fsp3) is 0.188. The molecular formula is C16H20ClIN4O2S. The Kier molecular flexibility index (Phi) is 8.63. The van der Waals surface area contributed by atoms with Crippen LogP contribution >= 0.6 is 35.6 Å². The summed E-state index contributed by atoms with van der Waals surface area (Å²) in [7, 11) is -3.61. The molecule has 25 heavy (non-hydrogen) atoms. The lowest BCUT2D eigenvalue weighted by Crippen LogP contribution is -2.28. The zero-order valence-electron chi connectivity index (χ0n) is 13.6. The number of sulfonamides is 1. The number of nitrogens with zero attached hydrogens (tertiary/aromatic N) is 1. The van der Waals surface area contributed by atoms with Gasteiger partial charge in [-0.3, -0.25) is 4.99 Å². The number of benzene rings is 2. The summed E-state index contributed by atoms with van der Waals surface area (Å²) in [5, 5.41) is 3.32. The highest BCUT2D eigenvalue weighted by Crippen LogP contribution is 2.14. The Labute approximate surface area is 169 Å². The van der Waals surface area contributed by atoms with Crippen molar-refractivity contribution in [3.05, 3.63) is 59.1 Å². The van der Waals surface area contributed by atoms with E-state index in [9.17, 15) is 8.42 Å². The summed E-state index contributed by atoms with van der Waals surface area (Å²) in [5.41, 5.74) is 7.71. The van der Waals surface area contributed by atoms with Crippen molar-refractivity contribution >= 4 is 57.2 Å². The summed E-state index contributed by atoms with van der Waals surface area (Å²) in [6.07, 6.45) is 0. The molecule has 0 aliphatic rings. The van der Waals surface area contributed by atoms with Gasteiger partial charge in [-0.15, -0.1) is 24.0 Å². The predicted octanol–water partition coefficient (Wildman–Crippen LogP) is 2.97. The molecule has 0 fully saturated rings. The molecule has 2 aromatic carbocycles. The fourth-order valence-electron chi connectivity index (χ4n) is 1.98. The minimum atomic E-state index is -3.61. The maximum atomic E-state index is 12.1. The average Bonchev–Trinajstić information content (AvgIpc) is 2.52. The number of guanidine groups is 1. The zero-order chi connectivity index (χ0) is 17.6. The monoisotopic (exact) mass is 494 g/mol. The Balaban J connectivity index is 0.00000312. The number of nitrogens with one attached hydrogen (secondary N) is 2. The second-order valence-electron chi connectivity index (χ2n) is 5.12. The van der Waals surface area contributed by atoms with Gasteiger partial charge < -0.3 is 11.1 Å². The molecule has 2 aromatic rings. The van der Waals surface area contributed by atoms with E-state index in [1.54, 1.807) is 12.1 Å². The number of aliphatic imine (C=N–C) groups is 1. The van der Waals surface area contributed by atoms with E-state index in [2.05, 4.69) is 15.0 Å². The first-order valence-corrected chi connectivity index (χ1v) is 9.12. The number of anilines is 1. The predicted molar refractivity (Wildman–Crippen MR) is 113 cm³/mol. The number of rotatable bonds is 6. The van der Waals surface area contributed by atoms with Crippen molar-refractivity contribution in [3.63, 3.8) is 0 Å². The largest absolute Gasteiger partial charge is 0.370 e. The molecule has 0 radical (unpaired) electrons. The fourth-order valence-corrected chi connectivity index (χ4v) is 3.31. The van der Waals surface area contributed by atoms with Gasteiger partial charge in [-0.05, 0) is 42.8 Å². The zero-order valence-corrected chi connectivity index (χ0v) is 17.5. The molecule has 6 nitrogen and oxygen atoms in total. The third-order valence-electron chi connectivity index (χ3n) is 3.08. The maximum absolute atomic E-state index is 12.1. The second-order valence-corrected chi connectivity index (χ2v) is 7.32. The number of halogens is 2. The van der Waals surface area contributed by atoms with Crippen molar-refractivity contribution in [2.45, 2.75) is 11.8 Å². The molecule has 0 unspecified atom stereocenters. The van der Waals surface area contributed by atoms with Crippen LogP contribution in [0.4, 0.5) is 5.69 Å². The van der Waals surface area contributed by atoms with Crippen molar-refractivity contribution in [2.24, 2.45) is 10.7 Å². The third-order valence-corrected chi connectivity index (χ3v) is 4.78. The van der Waals surface area contributed by atoms with Gasteiger partial charge in [0.15, 0.2) is 5.96 Å². The molecule has 0 aliphatic heterocycles. The van der Waals surface area contributed by atoms with Crippen molar-refractivity contribution in [2.75, 3.05) is 18.4 Å². The minimum absolute atomic E-state index is 0. The minimum Gasteiger partial charge on any atom is -0.370 e. The number of aryl methyl sites for hydroxylation is 1. The van der Waals surface area contributed by atoms with Crippen LogP contribution < -0.4 is 15.8 Å². The highest BCUT2D eigenvalue weighted by atomic mass is 127. The second kappa shape index (κ2) is 9.95. The van der Waals surface area contributed by atoms with E-state index in [-0.39, 0.29) is 47.9 Å². The van der Waals surface area contributed by atoms with Gasteiger partial charge in [0.05, 0.1) is 11.4 Å².